The van der Waals surface area contributed by atoms with Gasteiger partial charge in [-0.15, -0.1) is 0 Å². The summed E-state index contributed by atoms with van der Waals surface area (Å²) in [6.07, 6.45) is 1.65. The summed E-state index contributed by atoms with van der Waals surface area (Å²) in [4.78, 5) is 11.1. The van der Waals surface area contributed by atoms with Gasteiger partial charge in [0.1, 0.15) is 11.8 Å². The fourth-order valence-corrected chi connectivity index (χ4v) is 3.37. The lowest BCUT2D eigenvalue weighted by Gasteiger charge is -2.30. The van der Waals surface area contributed by atoms with E-state index in [0.717, 1.165) is 4.31 Å². The lowest BCUT2D eigenvalue weighted by molar-refractivity contribution is -0.142. The summed E-state index contributed by atoms with van der Waals surface area (Å²) in [6.45, 7) is 0.173. The molecule has 0 radical (unpaired) electrons. The number of para-hydroxylation sites is 1. The van der Waals surface area contributed by atoms with E-state index in [4.69, 9.17) is 9.29 Å². The number of hydrogen-bond donors (Lipinski definition) is 1. The maximum atomic E-state index is 12.1. The molecular formula is C12H15NO5S. The Balaban J connectivity index is 2.20. The molecule has 1 aromatic rings. The first kappa shape index (κ1) is 13.8. The van der Waals surface area contributed by atoms with Gasteiger partial charge in [-0.3, -0.25) is 4.79 Å². The van der Waals surface area contributed by atoms with Gasteiger partial charge in [0.2, 0.25) is 0 Å². The van der Waals surface area contributed by atoms with Gasteiger partial charge >= 0.3 is 16.3 Å². The molecule has 1 N–H and O–H groups in total. The van der Waals surface area contributed by atoms with Crippen LogP contribution in [0.5, 0.6) is 5.75 Å². The van der Waals surface area contributed by atoms with Crippen LogP contribution in [0.2, 0.25) is 0 Å². The number of carbonyl (C=O) groups is 1. The Morgan fingerprint density at radius 3 is 2.58 bits per heavy atom. The molecule has 1 fully saturated rings. The number of aliphatic carboxylic acids is 1. The van der Waals surface area contributed by atoms with Crippen molar-refractivity contribution in [3.8, 4) is 5.75 Å². The predicted molar refractivity (Wildman–Crippen MR) is 68.0 cm³/mol. The molecule has 0 saturated carbocycles. The molecule has 104 valence electrons. The molecule has 6 nitrogen and oxygen atoms in total. The van der Waals surface area contributed by atoms with Crippen molar-refractivity contribution in [1.82, 2.24) is 4.31 Å². The molecule has 1 aliphatic heterocycles. The first-order valence-corrected chi connectivity index (χ1v) is 7.36. The van der Waals surface area contributed by atoms with E-state index in [1.807, 2.05) is 0 Å². The van der Waals surface area contributed by atoms with E-state index in [1.165, 1.54) is 12.1 Å². The second-order valence-electron chi connectivity index (χ2n) is 4.31. The third kappa shape index (κ3) is 3.24. The molecule has 0 aliphatic carbocycles. The quantitative estimate of drug-likeness (QED) is 0.900. The van der Waals surface area contributed by atoms with Crippen molar-refractivity contribution in [1.29, 1.82) is 0 Å². The second kappa shape index (κ2) is 5.58. The zero-order chi connectivity index (χ0) is 13.9. The van der Waals surface area contributed by atoms with Crippen LogP contribution in [-0.2, 0) is 15.1 Å². The topological polar surface area (TPSA) is 83.9 Å². The van der Waals surface area contributed by atoms with Gasteiger partial charge in [-0.1, -0.05) is 18.2 Å². The molecule has 0 bridgehead atoms. The summed E-state index contributed by atoms with van der Waals surface area (Å²) in [5.41, 5.74) is 0. The number of piperidine rings is 1. The molecule has 0 spiro atoms. The second-order valence-corrected chi connectivity index (χ2v) is 5.81. The van der Waals surface area contributed by atoms with Gasteiger partial charge in [-0.2, -0.15) is 12.7 Å². The van der Waals surface area contributed by atoms with Crippen LogP contribution in [-0.4, -0.2) is 36.4 Å². The van der Waals surface area contributed by atoms with Gasteiger partial charge in [-0.25, -0.2) is 0 Å². The minimum Gasteiger partial charge on any atom is -0.480 e. The molecule has 0 amide bonds. The number of hydrogen-bond acceptors (Lipinski definition) is 4. The Morgan fingerprint density at radius 2 is 1.95 bits per heavy atom. The molecule has 1 heterocycles. The summed E-state index contributed by atoms with van der Waals surface area (Å²) in [5, 5.41) is 9.08. The number of benzene rings is 1. The van der Waals surface area contributed by atoms with Gasteiger partial charge in [0.25, 0.3) is 0 Å². The largest absolute Gasteiger partial charge is 0.480 e. The molecule has 19 heavy (non-hydrogen) atoms. The Morgan fingerprint density at radius 1 is 1.26 bits per heavy atom. The molecule has 1 aromatic carbocycles. The van der Waals surface area contributed by atoms with E-state index >= 15 is 0 Å². The van der Waals surface area contributed by atoms with Crippen molar-refractivity contribution in [2.24, 2.45) is 0 Å². The summed E-state index contributed by atoms with van der Waals surface area (Å²) in [5.74, 6) is -0.961. The molecular weight excluding hydrogens is 270 g/mol. The standard InChI is InChI=1S/C12H15NO5S/c14-12(15)11-8-4-5-9-13(11)19(16,17)18-10-6-2-1-3-7-10/h1-3,6-7,11H,4-5,8-9H2,(H,14,15)/t11-/m0/s1. The Labute approximate surface area is 111 Å². The molecule has 1 saturated heterocycles. The maximum Gasteiger partial charge on any atom is 0.385 e. The lowest BCUT2D eigenvalue weighted by atomic mass is 10.1. The molecule has 0 aromatic heterocycles. The number of nitrogens with zero attached hydrogens (tertiary/aromatic N) is 1. The van der Waals surface area contributed by atoms with E-state index in [1.54, 1.807) is 18.2 Å². The van der Waals surface area contributed by atoms with E-state index in [0.29, 0.717) is 19.3 Å². The van der Waals surface area contributed by atoms with Crippen LogP contribution in [0.4, 0.5) is 0 Å². The summed E-state index contributed by atoms with van der Waals surface area (Å²) in [6, 6.07) is 7.02. The normalized spacial score (nSPS) is 20.9. The Bertz CT molecular complexity index is 542. The fraction of sp³-hybridized carbons (Fsp3) is 0.417. The molecule has 2 rings (SSSR count). The van der Waals surface area contributed by atoms with E-state index in [2.05, 4.69) is 0 Å². The third-order valence-corrected chi connectivity index (χ3v) is 4.39. The minimum atomic E-state index is -4.08. The van der Waals surface area contributed by atoms with Crippen molar-refractivity contribution in [3.63, 3.8) is 0 Å². The number of rotatable bonds is 4. The van der Waals surface area contributed by atoms with Crippen LogP contribution in [0.15, 0.2) is 30.3 Å². The van der Waals surface area contributed by atoms with Gasteiger partial charge in [0.05, 0.1) is 0 Å². The first-order valence-electron chi connectivity index (χ1n) is 6.00. The van der Waals surface area contributed by atoms with Crippen LogP contribution >= 0.6 is 0 Å². The van der Waals surface area contributed by atoms with E-state index in [-0.39, 0.29) is 12.3 Å². The highest BCUT2D eigenvalue weighted by Crippen LogP contribution is 2.23. The zero-order valence-corrected chi connectivity index (χ0v) is 11.0. The van der Waals surface area contributed by atoms with E-state index < -0.39 is 22.3 Å². The monoisotopic (exact) mass is 285 g/mol. The minimum absolute atomic E-state index is 0.173. The number of carboxylic acids is 1. The van der Waals surface area contributed by atoms with Crippen molar-refractivity contribution in [2.75, 3.05) is 6.54 Å². The highest BCUT2D eigenvalue weighted by atomic mass is 32.2. The van der Waals surface area contributed by atoms with Crippen molar-refractivity contribution in [2.45, 2.75) is 25.3 Å². The predicted octanol–water partition coefficient (Wildman–Crippen LogP) is 1.25. The Hall–Kier alpha value is -1.60. The van der Waals surface area contributed by atoms with Gasteiger partial charge in [-0.05, 0) is 31.4 Å². The van der Waals surface area contributed by atoms with E-state index in [9.17, 15) is 13.2 Å². The van der Waals surface area contributed by atoms with Crippen LogP contribution in [0, 0.1) is 0 Å². The van der Waals surface area contributed by atoms with Gasteiger partial charge < -0.3 is 9.29 Å². The van der Waals surface area contributed by atoms with Crippen molar-refractivity contribution in [3.05, 3.63) is 30.3 Å². The average molecular weight is 285 g/mol. The van der Waals surface area contributed by atoms with Crippen LogP contribution < -0.4 is 4.18 Å². The summed E-state index contributed by atoms with van der Waals surface area (Å²) < 4.78 is 30.1. The summed E-state index contributed by atoms with van der Waals surface area (Å²) in [7, 11) is -4.08. The fourth-order valence-electron chi connectivity index (χ4n) is 2.06. The van der Waals surface area contributed by atoms with Crippen molar-refractivity contribution >= 4 is 16.3 Å². The molecule has 1 atom stereocenters. The molecule has 1 aliphatic rings. The molecule has 7 heteroatoms. The zero-order valence-electron chi connectivity index (χ0n) is 10.2. The van der Waals surface area contributed by atoms with Crippen LogP contribution in [0.25, 0.3) is 0 Å². The van der Waals surface area contributed by atoms with Gasteiger partial charge in [0.15, 0.2) is 0 Å². The lowest BCUT2D eigenvalue weighted by Crippen LogP contribution is -2.49. The first-order chi connectivity index (χ1) is 9.00. The van der Waals surface area contributed by atoms with Crippen LogP contribution in [0.3, 0.4) is 0 Å². The van der Waals surface area contributed by atoms with Crippen molar-refractivity contribution < 1.29 is 22.5 Å². The summed E-state index contributed by atoms with van der Waals surface area (Å²) >= 11 is 0. The Kier molecular flexibility index (Phi) is 4.06. The smallest absolute Gasteiger partial charge is 0.385 e. The third-order valence-electron chi connectivity index (χ3n) is 2.97. The maximum absolute atomic E-state index is 12.1. The van der Waals surface area contributed by atoms with Crippen LogP contribution in [0.1, 0.15) is 19.3 Å². The number of carboxylic acid groups (broad SMARTS) is 1. The highest BCUT2D eigenvalue weighted by molar-refractivity contribution is 7.84. The van der Waals surface area contributed by atoms with Gasteiger partial charge in [0, 0.05) is 6.54 Å². The molecule has 0 unspecified atom stereocenters. The highest BCUT2D eigenvalue weighted by Gasteiger charge is 2.38. The average Bonchev–Trinajstić information content (AvgIpc) is 2.39. The SMILES string of the molecule is O=C(O)[C@@H]1CCCCN1S(=O)(=O)Oc1ccccc1.